The van der Waals surface area contributed by atoms with E-state index in [1.807, 2.05) is 60.7 Å². The molecule has 0 fully saturated rings. The number of alkyl carbamates (subject to hydrolysis) is 1. The average Bonchev–Trinajstić information content (AvgIpc) is 2.61. The second kappa shape index (κ2) is 9.25. The van der Waals surface area contributed by atoms with Gasteiger partial charge in [-0.25, -0.2) is 4.79 Å². The van der Waals surface area contributed by atoms with Gasteiger partial charge in [0.05, 0.1) is 12.8 Å². The molecule has 0 aliphatic heterocycles. The lowest BCUT2D eigenvalue weighted by Gasteiger charge is -2.06. The van der Waals surface area contributed by atoms with Crippen LogP contribution >= 0.6 is 0 Å². The van der Waals surface area contributed by atoms with E-state index in [1.54, 1.807) is 7.11 Å². The lowest BCUT2D eigenvalue weighted by molar-refractivity contribution is 0.140. The van der Waals surface area contributed by atoms with Crippen LogP contribution in [0.3, 0.4) is 0 Å². The predicted octanol–water partition coefficient (Wildman–Crippen LogP) is 3.61. The van der Waals surface area contributed by atoms with Crippen molar-refractivity contribution in [3.63, 3.8) is 0 Å². The molecular formula is C19H22N2O3. The first-order valence-electron chi connectivity index (χ1n) is 7.73. The minimum Gasteiger partial charge on any atom is -0.495 e. The largest absolute Gasteiger partial charge is 0.495 e. The van der Waals surface area contributed by atoms with Gasteiger partial charge in [-0.1, -0.05) is 48.6 Å². The van der Waals surface area contributed by atoms with E-state index in [0.717, 1.165) is 11.1 Å². The van der Waals surface area contributed by atoms with Gasteiger partial charge in [-0.15, -0.1) is 0 Å². The van der Waals surface area contributed by atoms with Crippen molar-refractivity contribution >= 4 is 17.9 Å². The Morgan fingerprint density at radius 3 is 2.71 bits per heavy atom. The van der Waals surface area contributed by atoms with Crippen molar-refractivity contribution in [2.45, 2.75) is 13.0 Å². The number of nitrogens with one attached hydrogen (secondary N) is 1. The molecule has 0 heterocycles. The number of nitrogen functional groups attached to an aromatic ring is 1. The Kier molecular flexibility index (Phi) is 6.71. The lowest BCUT2D eigenvalue weighted by atomic mass is 10.1. The molecule has 0 saturated carbocycles. The minimum atomic E-state index is -0.416. The predicted molar refractivity (Wildman–Crippen MR) is 95.7 cm³/mol. The van der Waals surface area contributed by atoms with Gasteiger partial charge in [0.1, 0.15) is 12.4 Å². The molecule has 1 amide bonds. The Labute approximate surface area is 142 Å². The highest BCUT2D eigenvalue weighted by Gasteiger charge is 2.01. The van der Waals surface area contributed by atoms with Crippen LogP contribution in [0.1, 0.15) is 17.5 Å². The molecule has 5 heteroatoms. The Balaban J connectivity index is 1.66. The fraction of sp³-hybridized carbons (Fsp3) is 0.211. The molecule has 0 aliphatic rings. The maximum Gasteiger partial charge on any atom is 0.407 e. The fourth-order valence-electron chi connectivity index (χ4n) is 2.11. The first kappa shape index (κ1) is 17.4. The van der Waals surface area contributed by atoms with Gasteiger partial charge in [0.15, 0.2) is 0 Å². The van der Waals surface area contributed by atoms with Gasteiger partial charge in [0.25, 0.3) is 0 Å². The zero-order valence-electron chi connectivity index (χ0n) is 13.7. The summed E-state index contributed by atoms with van der Waals surface area (Å²) in [6.45, 7) is 0.781. The van der Waals surface area contributed by atoms with Gasteiger partial charge in [0.2, 0.25) is 0 Å². The smallest absolute Gasteiger partial charge is 0.407 e. The third-order valence-electron chi connectivity index (χ3n) is 3.36. The number of carbonyl (C=O) groups is 1. The standard InChI is InChI=1S/C19H22N2O3/c1-23-18-11-10-15(13-17(18)20)7-5-6-12-21-19(22)24-14-16-8-3-2-4-9-16/h2-5,7-11,13H,6,12,14,20H2,1H3,(H,21,22). The van der Waals surface area contributed by atoms with E-state index >= 15 is 0 Å². The molecule has 0 bridgehead atoms. The van der Waals surface area contributed by atoms with Crippen molar-refractivity contribution in [2.75, 3.05) is 19.4 Å². The summed E-state index contributed by atoms with van der Waals surface area (Å²) in [6.07, 6.45) is 4.21. The summed E-state index contributed by atoms with van der Waals surface area (Å²) in [5.41, 5.74) is 8.40. The van der Waals surface area contributed by atoms with Crippen molar-refractivity contribution < 1.29 is 14.3 Å². The van der Waals surface area contributed by atoms with Gasteiger partial charge < -0.3 is 20.5 Å². The van der Waals surface area contributed by atoms with Crippen molar-refractivity contribution in [3.8, 4) is 5.75 Å². The SMILES string of the molecule is COc1ccc(C=CCCNC(=O)OCc2ccccc2)cc1N. The highest BCUT2D eigenvalue weighted by atomic mass is 16.5. The van der Waals surface area contributed by atoms with Crippen LogP contribution in [0.4, 0.5) is 10.5 Å². The minimum absolute atomic E-state index is 0.271. The molecule has 5 nitrogen and oxygen atoms in total. The highest BCUT2D eigenvalue weighted by molar-refractivity contribution is 5.67. The first-order chi connectivity index (χ1) is 11.7. The Bertz CT molecular complexity index is 684. The number of benzene rings is 2. The maximum absolute atomic E-state index is 11.6. The highest BCUT2D eigenvalue weighted by Crippen LogP contribution is 2.22. The molecule has 0 saturated heterocycles. The van der Waals surface area contributed by atoms with E-state index in [2.05, 4.69) is 5.32 Å². The quantitative estimate of drug-likeness (QED) is 0.602. The molecule has 0 spiro atoms. The van der Waals surface area contributed by atoms with Gasteiger partial charge in [-0.2, -0.15) is 0 Å². The van der Waals surface area contributed by atoms with Crippen LogP contribution in [0.25, 0.3) is 6.08 Å². The molecule has 0 radical (unpaired) electrons. The average molecular weight is 326 g/mol. The van der Waals surface area contributed by atoms with Gasteiger partial charge in [0, 0.05) is 6.54 Å². The zero-order chi connectivity index (χ0) is 17.2. The topological polar surface area (TPSA) is 73.6 Å². The van der Waals surface area contributed by atoms with Gasteiger partial charge in [-0.3, -0.25) is 0 Å². The normalized spacial score (nSPS) is 10.5. The Hall–Kier alpha value is -2.95. The van der Waals surface area contributed by atoms with Crippen molar-refractivity contribution in [2.24, 2.45) is 0 Å². The van der Waals surface area contributed by atoms with Gasteiger partial charge in [-0.05, 0) is 29.7 Å². The molecule has 24 heavy (non-hydrogen) atoms. The van der Waals surface area contributed by atoms with Crippen LogP contribution in [-0.2, 0) is 11.3 Å². The zero-order valence-corrected chi connectivity index (χ0v) is 13.7. The number of rotatable bonds is 7. The van der Waals surface area contributed by atoms with Crippen LogP contribution in [0.5, 0.6) is 5.75 Å². The van der Waals surface area contributed by atoms with Crippen molar-refractivity contribution in [1.82, 2.24) is 5.32 Å². The number of ether oxygens (including phenoxy) is 2. The van der Waals surface area contributed by atoms with Crippen LogP contribution in [0.15, 0.2) is 54.6 Å². The third-order valence-corrected chi connectivity index (χ3v) is 3.36. The van der Waals surface area contributed by atoms with Crippen LogP contribution in [0.2, 0.25) is 0 Å². The van der Waals surface area contributed by atoms with Crippen LogP contribution < -0.4 is 15.8 Å². The van der Waals surface area contributed by atoms with E-state index < -0.39 is 6.09 Å². The van der Waals surface area contributed by atoms with E-state index in [4.69, 9.17) is 15.2 Å². The third kappa shape index (κ3) is 5.68. The molecule has 2 rings (SSSR count). The number of amides is 1. The number of hydrogen-bond donors (Lipinski definition) is 2. The monoisotopic (exact) mass is 326 g/mol. The number of nitrogens with two attached hydrogens (primary N) is 1. The number of carbonyl (C=O) groups excluding carboxylic acids is 1. The molecule has 126 valence electrons. The summed E-state index contributed by atoms with van der Waals surface area (Å²) in [7, 11) is 1.59. The summed E-state index contributed by atoms with van der Waals surface area (Å²) < 4.78 is 10.2. The van der Waals surface area contributed by atoms with Crippen molar-refractivity contribution in [1.29, 1.82) is 0 Å². The second-order valence-corrected chi connectivity index (χ2v) is 5.18. The molecule has 0 unspecified atom stereocenters. The number of anilines is 1. The molecule has 0 aliphatic carbocycles. The summed E-state index contributed by atoms with van der Waals surface area (Å²) in [4.78, 5) is 11.6. The molecule has 2 aromatic carbocycles. The number of methoxy groups -OCH3 is 1. The summed E-state index contributed by atoms with van der Waals surface area (Å²) in [5.74, 6) is 0.662. The van der Waals surface area contributed by atoms with Crippen molar-refractivity contribution in [3.05, 3.63) is 65.7 Å². The summed E-state index contributed by atoms with van der Waals surface area (Å²) in [5, 5.41) is 2.71. The molecule has 0 aromatic heterocycles. The lowest BCUT2D eigenvalue weighted by Crippen LogP contribution is -2.24. The van der Waals surface area contributed by atoms with E-state index in [-0.39, 0.29) is 6.61 Å². The molecule has 0 atom stereocenters. The molecule has 3 N–H and O–H groups in total. The van der Waals surface area contributed by atoms with E-state index in [1.165, 1.54) is 0 Å². The van der Waals surface area contributed by atoms with E-state index in [9.17, 15) is 4.79 Å². The number of hydrogen-bond acceptors (Lipinski definition) is 4. The summed E-state index contributed by atoms with van der Waals surface area (Å²) in [6, 6.07) is 15.2. The molecular weight excluding hydrogens is 304 g/mol. The van der Waals surface area contributed by atoms with Crippen LogP contribution in [-0.4, -0.2) is 19.7 Å². The fourth-order valence-corrected chi connectivity index (χ4v) is 2.11. The molecule has 2 aromatic rings. The van der Waals surface area contributed by atoms with E-state index in [0.29, 0.717) is 24.4 Å². The van der Waals surface area contributed by atoms with Gasteiger partial charge >= 0.3 is 6.09 Å². The second-order valence-electron chi connectivity index (χ2n) is 5.18. The summed E-state index contributed by atoms with van der Waals surface area (Å²) >= 11 is 0. The Morgan fingerprint density at radius 2 is 2.00 bits per heavy atom. The first-order valence-corrected chi connectivity index (χ1v) is 7.73. The maximum atomic E-state index is 11.6. The Morgan fingerprint density at radius 1 is 1.21 bits per heavy atom. The van der Waals surface area contributed by atoms with Crippen LogP contribution in [0, 0.1) is 0 Å².